The highest BCUT2D eigenvalue weighted by Crippen LogP contribution is 2.06. The number of hydrogen-bond acceptors (Lipinski definition) is 2. The molecule has 0 aliphatic heterocycles. The molecule has 1 atom stereocenters. The van der Waals surface area contributed by atoms with Gasteiger partial charge in [0.15, 0.2) is 5.56 Å². The maximum absolute atomic E-state index is 11.0. The highest BCUT2D eigenvalue weighted by Gasteiger charge is 2.06. The van der Waals surface area contributed by atoms with Crippen LogP contribution in [0.25, 0.3) is 0 Å². The summed E-state index contributed by atoms with van der Waals surface area (Å²) in [5.74, 6) is -0.397. The molecule has 0 saturated carbocycles. The summed E-state index contributed by atoms with van der Waals surface area (Å²) in [4.78, 5) is 11.0. The number of hydrogen-bond donors (Lipinski definition) is 0. The van der Waals surface area contributed by atoms with E-state index in [2.05, 4.69) is 0 Å². The molecule has 0 aromatic heterocycles. The molecule has 0 saturated heterocycles. The van der Waals surface area contributed by atoms with Gasteiger partial charge >= 0.3 is 5.97 Å². The van der Waals surface area contributed by atoms with Crippen LogP contribution >= 0.6 is 11.6 Å². The first-order valence-electron chi connectivity index (χ1n) is 4.34. The molecule has 0 fully saturated rings. The van der Waals surface area contributed by atoms with Crippen LogP contribution in [0.15, 0.2) is 24.3 Å². The van der Waals surface area contributed by atoms with Crippen molar-refractivity contribution in [2.75, 3.05) is 0 Å². The molecule has 0 heterocycles. The smallest absolute Gasteiger partial charge is 0.332 e. The topological polar surface area (TPSA) is 26.3 Å². The van der Waals surface area contributed by atoms with Crippen LogP contribution in [0.2, 0.25) is 0 Å². The number of carbonyl (C=O) groups excluding carboxylic acids is 1. The third-order valence-corrected chi connectivity index (χ3v) is 1.60. The van der Waals surface area contributed by atoms with Crippen molar-refractivity contribution < 1.29 is 9.53 Å². The number of rotatable bonds is 5. The van der Waals surface area contributed by atoms with Crippen LogP contribution in [0.4, 0.5) is 0 Å². The Bertz CT molecular complexity index is 197. The fourth-order valence-electron chi connectivity index (χ4n) is 0.696. The number of ether oxygens (including phenoxy) is 1. The number of halogens is 1. The van der Waals surface area contributed by atoms with E-state index in [4.69, 9.17) is 16.3 Å². The molecule has 2 nitrogen and oxygen atoms in total. The van der Waals surface area contributed by atoms with Gasteiger partial charge < -0.3 is 4.74 Å². The summed E-state index contributed by atoms with van der Waals surface area (Å²) in [6, 6.07) is 0. The van der Waals surface area contributed by atoms with Crippen LogP contribution in [0.1, 0.15) is 26.7 Å². The van der Waals surface area contributed by atoms with Crippen LogP contribution < -0.4 is 0 Å². The van der Waals surface area contributed by atoms with Gasteiger partial charge in [-0.2, -0.15) is 0 Å². The Balaban J connectivity index is 3.73. The molecule has 1 unspecified atom stereocenters. The minimum atomic E-state index is -0.507. The zero-order valence-electron chi connectivity index (χ0n) is 8.00. The lowest BCUT2D eigenvalue weighted by molar-refractivity contribution is -0.139. The third-order valence-electron chi connectivity index (χ3n) is 1.30. The number of carbonyl (C=O) groups is 1. The molecule has 0 aliphatic rings. The van der Waals surface area contributed by atoms with E-state index >= 15 is 0 Å². The molecule has 0 aromatic carbocycles. The van der Waals surface area contributed by atoms with Crippen LogP contribution in [0.3, 0.4) is 0 Å². The van der Waals surface area contributed by atoms with E-state index in [0.717, 1.165) is 6.42 Å². The van der Waals surface area contributed by atoms with Crippen molar-refractivity contribution >= 4 is 17.6 Å². The first kappa shape index (κ1) is 12.2. The summed E-state index contributed by atoms with van der Waals surface area (Å²) in [5.41, 5.74) is -0.507. The summed E-state index contributed by atoms with van der Waals surface area (Å²) in [7, 11) is 0. The van der Waals surface area contributed by atoms with Gasteiger partial charge in [-0.1, -0.05) is 43.2 Å². The monoisotopic (exact) mass is 202 g/mol. The van der Waals surface area contributed by atoms with Gasteiger partial charge in [0.25, 0.3) is 0 Å². The van der Waals surface area contributed by atoms with E-state index in [1.165, 1.54) is 6.08 Å². The minimum Gasteiger partial charge on any atom is -0.443 e. The largest absolute Gasteiger partial charge is 0.443 e. The van der Waals surface area contributed by atoms with E-state index in [1.807, 2.05) is 19.9 Å². The van der Waals surface area contributed by atoms with Crippen molar-refractivity contribution in [2.24, 2.45) is 0 Å². The van der Waals surface area contributed by atoms with E-state index < -0.39 is 11.5 Å². The number of allylic oxidation sites excluding steroid dienone is 3. The van der Waals surface area contributed by atoms with Crippen molar-refractivity contribution in [3.8, 4) is 0 Å². The first-order valence-corrected chi connectivity index (χ1v) is 4.78. The average Bonchev–Trinajstić information content (AvgIpc) is 2.05. The molecule has 0 radical (unpaired) electrons. The molecule has 0 N–H and O–H groups in total. The van der Waals surface area contributed by atoms with Gasteiger partial charge in [-0.3, -0.25) is 0 Å². The molecular weight excluding hydrogens is 188 g/mol. The van der Waals surface area contributed by atoms with Gasteiger partial charge in [0.05, 0.1) is 0 Å². The Hall–Kier alpha value is -0.760. The van der Waals surface area contributed by atoms with Gasteiger partial charge in [-0.15, -0.1) is 0 Å². The summed E-state index contributed by atoms with van der Waals surface area (Å²) in [6.07, 6.45) is 8.14. The van der Waals surface area contributed by atoms with Crippen molar-refractivity contribution in [2.45, 2.75) is 32.3 Å². The first-order chi connectivity index (χ1) is 6.20. The Morgan fingerprint density at radius 1 is 1.54 bits per heavy atom. The van der Waals surface area contributed by atoms with Crippen LogP contribution in [0.5, 0.6) is 0 Å². The van der Waals surface area contributed by atoms with Gasteiger partial charge in [-0.05, 0) is 13.3 Å². The van der Waals surface area contributed by atoms with Crippen LogP contribution in [0, 0.1) is 0 Å². The molecule has 74 valence electrons. The number of alkyl halides is 1. The summed E-state index contributed by atoms with van der Waals surface area (Å²) in [6.45, 7) is 3.86. The number of esters is 1. The minimum absolute atomic E-state index is 0.397. The molecule has 0 aliphatic carbocycles. The lowest BCUT2D eigenvalue weighted by Crippen LogP contribution is -2.09. The third kappa shape index (κ3) is 7.60. The molecule has 0 rings (SSSR count). The Morgan fingerprint density at radius 3 is 2.77 bits per heavy atom. The second-order valence-electron chi connectivity index (χ2n) is 2.52. The highest BCUT2D eigenvalue weighted by atomic mass is 35.5. The second-order valence-corrected chi connectivity index (χ2v) is 3.01. The van der Waals surface area contributed by atoms with Crippen molar-refractivity contribution in [1.29, 1.82) is 0 Å². The molecule has 0 aromatic rings. The standard InChI is InChI=1S/C10H15ClO2/c1-3-5-6-8-10(12)13-9(11)7-4-2/h3,5-6,8-9H,4,7H2,1-2H3. The predicted molar refractivity (Wildman–Crippen MR) is 54.6 cm³/mol. The van der Waals surface area contributed by atoms with Gasteiger partial charge in [0, 0.05) is 6.08 Å². The predicted octanol–water partition coefficient (Wildman–Crippen LogP) is 3.03. The van der Waals surface area contributed by atoms with Gasteiger partial charge in [-0.25, -0.2) is 4.79 Å². The van der Waals surface area contributed by atoms with Gasteiger partial charge in [0.2, 0.25) is 0 Å². The van der Waals surface area contributed by atoms with E-state index in [1.54, 1.807) is 12.2 Å². The van der Waals surface area contributed by atoms with Crippen molar-refractivity contribution in [3.63, 3.8) is 0 Å². The molecule has 0 bridgehead atoms. The SMILES string of the molecule is CC=CC=CC(=O)OC(Cl)CCC. The molecular formula is C10H15ClO2. The maximum atomic E-state index is 11.0. The Morgan fingerprint density at radius 2 is 2.23 bits per heavy atom. The summed E-state index contributed by atoms with van der Waals surface area (Å²) >= 11 is 5.69. The molecule has 3 heteroatoms. The van der Waals surface area contributed by atoms with Crippen LogP contribution in [-0.2, 0) is 9.53 Å². The fourth-order valence-corrected chi connectivity index (χ4v) is 1.00. The quantitative estimate of drug-likeness (QED) is 0.297. The zero-order chi connectivity index (χ0) is 10.1. The van der Waals surface area contributed by atoms with E-state index in [9.17, 15) is 4.79 Å². The molecule has 13 heavy (non-hydrogen) atoms. The molecule has 0 amide bonds. The van der Waals surface area contributed by atoms with E-state index in [-0.39, 0.29) is 0 Å². The van der Waals surface area contributed by atoms with Crippen LogP contribution in [-0.4, -0.2) is 11.5 Å². The Kier molecular flexibility index (Phi) is 7.41. The lowest BCUT2D eigenvalue weighted by atomic mass is 10.3. The average molecular weight is 203 g/mol. The zero-order valence-corrected chi connectivity index (χ0v) is 8.75. The summed E-state index contributed by atoms with van der Waals surface area (Å²) < 4.78 is 4.84. The Labute approximate surface area is 84.2 Å². The van der Waals surface area contributed by atoms with Gasteiger partial charge in [0.1, 0.15) is 0 Å². The highest BCUT2D eigenvalue weighted by molar-refractivity contribution is 6.20. The molecule has 0 spiro atoms. The summed E-state index contributed by atoms with van der Waals surface area (Å²) in [5, 5.41) is 0. The van der Waals surface area contributed by atoms with E-state index in [0.29, 0.717) is 6.42 Å². The second kappa shape index (κ2) is 7.87. The normalized spacial score (nSPS) is 13.8. The fraction of sp³-hybridized carbons (Fsp3) is 0.500. The maximum Gasteiger partial charge on any atom is 0.332 e. The lowest BCUT2D eigenvalue weighted by Gasteiger charge is -2.06. The van der Waals surface area contributed by atoms with Crippen molar-refractivity contribution in [1.82, 2.24) is 0 Å². The van der Waals surface area contributed by atoms with Crippen molar-refractivity contribution in [3.05, 3.63) is 24.3 Å².